The van der Waals surface area contributed by atoms with Crippen molar-refractivity contribution in [3.05, 3.63) is 29.5 Å². The molecule has 3 atom stereocenters. The predicted octanol–water partition coefficient (Wildman–Crippen LogP) is 0.554. The summed E-state index contributed by atoms with van der Waals surface area (Å²) >= 11 is 1.36. The molecule has 2 saturated heterocycles. The Balaban J connectivity index is 1.35. The van der Waals surface area contributed by atoms with E-state index in [4.69, 9.17) is 9.84 Å². The van der Waals surface area contributed by atoms with Crippen LogP contribution in [-0.2, 0) is 4.74 Å². The third-order valence-electron chi connectivity index (χ3n) is 4.77. The monoisotopic (exact) mass is 375 g/mol. The molecule has 4 heterocycles. The summed E-state index contributed by atoms with van der Waals surface area (Å²) < 4.78 is 5.78. The molecule has 0 bridgehead atoms. The maximum absolute atomic E-state index is 12.5. The normalized spacial score (nSPS) is 25.8. The molecular weight excluding hydrogens is 354 g/mol. The van der Waals surface area contributed by atoms with E-state index in [1.165, 1.54) is 11.3 Å². The van der Waals surface area contributed by atoms with Crippen molar-refractivity contribution in [1.29, 1.82) is 0 Å². The number of thiazole rings is 1. The molecule has 0 aromatic carbocycles. The van der Waals surface area contributed by atoms with E-state index < -0.39 is 0 Å². The predicted molar refractivity (Wildman–Crippen MR) is 95.8 cm³/mol. The van der Waals surface area contributed by atoms with Gasteiger partial charge in [0, 0.05) is 49.6 Å². The zero-order valence-electron chi connectivity index (χ0n) is 14.2. The summed E-state index contributed by atoms with van der Waals surface area (Å²) in [4.78, 5) is 27.6. The molecule has 138 valence electrons. The fraction of sp³-hybridized carbons (Fsp3) is 0.529. The smallest absolute Gasteiger partial charge is 0.271 e. The van der Waals surface area contributed by atoms with Gasteiger partial charge >= 0.3 is 0 Å². The topological polar surface area (TPSA) is 100 Å². The molecule has 2 N–H and O–H groups in total. The van der Waals surface area contributed by atoms with Crippen LogP contribution in [0.2, 0.25) is 0 Å². The van der Waals surface area contributed by atoms with Crippen LogP contribution in [0.5, 0.6) is 0 Å². The lowest BCUT2D eigenvalue weighted by molar-refractivity contribution is -0.0566. The van der Waals surface area contributed by atoms with Crippen LogP contribution in [0.25, 0.3) is 10.8 Å². The Morgan fingerprint density at radius 1 is 1.38 bits per heavy atom. The molecule has 2 aliphatic heterocycles. The highest BCUT2D eigenvalue weighted by Gasteiger charge is 2.37. The van der Waals surface area contributed by atoms with E-state index in [2.05, 4.69) is 25.2 Å². The van der Waals surface area contributed by atoms with Crippen molar-refractivity contribution in [2.45, 2.75) is 31.0 Å². The van der Waals surface area contributed by atoms with Crippen LogP contribution >= 0.6 is 11.3 Å². The minimum absolute atomic E-state index is 0.0812. The quantitative estimate of drug-likeness (QED) is 0.787. The minimum atomic E-state index is -0.166. The van der Waals surface area contributed by atoms with E-state index in [9.17, 15) is 4.79 Å². The lowest BCUT2D eigenvalue weighted by Gasteiger charge is -2.34. The number of aromatic nitrogens is 3. The Morgan fingerprint density at radius 3 is 3.04 bits per heavy atom. The molecule has 2 fully saturated rings. The highest BCUT2D eigenvalue weighted by molar-refractivity contribution is 7.13. The van der Waals surface area contributed by atoms with Crippen molar-refractivity contribution in [2.75, 3.05) is 26.3 Å². The van der Waals surface area contributed by atoms with Crippen molar-refractivity contribution in [1.82, 2.24) is 25.2 Å². The Bertz CT molecular complexity index is 756. The summed E-state index contributed by atoms with van der Waals surface area (Å²) in [5, 5.41) is 14.5. The second-order valence-corrected chi connectivity index (χ2v) is 7.45. The number of ether oxygens (including phenoxy) is 1. The molecule has 2 aromatic rings. The standard InChI is InChI=1S/C17H21N5O3S/c23-5-2-13-8-22-7-11(6-12(22)9-25-13)20-16(24)14-10-26-17(21-14)15-18-3-1-4-19-15/h1,3-4,10-13,23H,2,5-9H2,(H,20,24)/t11-,12+,13+/m1/s1. The summed E-state index contributed by atoms with van der Waals surface area (Å²) in [6.45, 7) is 2.41. The summed E-state index contributed by atoms with van der Waals surface area (Å²) in [6, 6.07) is 2.16. The number of nitrogens with zero attached hydrogens (tertiary/aromatic N) is 4. The van der Waals surface area contributed by atoms with Gasteiger partial charge in [-0.25, -0.2) is 15.0 Å². The average Bonchev–Trinajstić information content (AvgIpc) is 3.29. The average molecular weight is 375 g/mol. The molecule has 0 spiro atoms. The fourth-order valence-electron chi connectivity index (χ4n) is 3.52. The highest BCUT2D eigenvalue weighted by Crippen LogP contribution is 2.25. The summed E-state index contributed by atoms with van der Waals surface area (Å²) in [7, 11) is 0. The number of rotatable bonds is 5. The van der Waals surface area contributed by atoms with Gasteiger partial charge in [0.05, 0.1) is 12.7 Å². The number of hydrogen-bond donors (Lipinski definition) is 2. The van der Waals surface area contributed by atoms with Crippen molar-refractivity contribution in [3.8, 4) is 10.8 Å². The first kappa shape index (κ1) is 17.5. The second kappa shape index (κ2) is 7.75. The van der Waals surface area contributed by atoms with Crippen LogP contribution in [0.4, 0.5) is 0 Å². The first-order chi connectivity index (χ1) is 12.7. The third-order valence-corrected chi connectivity index (χ3v) is 5.61. The van der Waals surface area contributed by atoms with Gasteiger partial charge in [-0.2, -0.15) is 0 Å². The number of carbonyl (C=O) groups is 1. The van der Waals surface area contributed by atoms with E-state index in [0.29, 0.717) is 35.6 Å². The van der Waals surface area contributed by atoms with Crippen molar-refractivity contribution in [2.24, 2.45) is 0 Å². The molecule has 4 rings (SSSR count). The Hall–Kier alpha value is -1.94. The van der Waals surface area contributed by atoms with E-state index in [0.717, 1.165) is 19.5 Å². The minimum Gasteiger partial charge on any atom is -0.396 e. The SMILES string of the molecule is O=C(N[C@@H]1C[C@H]2CO[C@@H](CCO)CN2C1)c1csc(-c2ncccn2)n1. The number of aliphatic hydroxyl groups excluding tert-OH is 1. The number of fused-ring (bicyclic) bond motifs is 1. The summed E-state index contributed by atoms with van der Waals surface area (Å²) in [5.41, 5.74) is 0.400. The van der Waals surface area contributed by atoms with Gasteiger partial charge in [-0.05, 0) is 18.9 Å². The zero-order chi connectivity index (χ0) is 17.9. The Labute approximate surface area is 155 Å². The van der Waals surface area contributed by atoms with Gasteiger partial charge in [0.25, 0.3) is 5.91 Å². The van der Waals surface area contributed by atoms with Crippen LogP contribution < -0.4 is 5.32 Å². The first-order valence-electron chi connectivity index (χ1n) is 8.73. The maximum atomic E-state index is 12.5. The van der Waals surface area contributed by atoms with Gasteiger partial charge in [0.1, 0.15) is 5.69 Å². The van der Waals surface area contributed by atoms with Crippen molar-refractivity contribution in [3.63, 3.8) is 0 Å². The van der Waals surface area contributed by atoms with Crippen molar-refractivity contribution >= 4 is 17.2 Å². The van der Waals surface area contributed by atoms with E-state index >= 15 is 0 Å². The molecule has 2 aliphatic rings. The first-order valence-corrected chi connectivity index (χ1v) is 9.61. The van der Waals surface area contributed by atoms with Crippen LogP contribution in [0.1, 0.15) is 23.3 Å². The van der Waals surface area contributed by atoms with Crippen molar-refractivity contribution < 1.29 is 14.6 Å². The summed E-state index contributed by atoms with van der Waals surface area (Å²) in [6.07, 6.45) is 4.92. The lowest BCUT2D eigenvalue weighted by Crippen LogP contribution is -2.46. The van der Waals surface area contributed by atoms with Gasteiger partial charge < -0.3 is 15.2 Å². The van der Waals surface area contributed by atoms with E-state index in [1.54, 1.807) is 23.8 Å². The number of hydrogen-bond acceptors (Lipinski definition) is 8. The molecular formula is C17H21N5O3S. The van der Waals surface area contributed by atoms with Crippen LogP contribution in [0.15, 0.2) is 23.8 Å². The zero-order valence-corrected chi connectivity index (χ0v) is 15.1. The second-order valence-electron chi connectivity index (χ2n) is 6.59. The number of carbonyl (C=O) groups excluding carboxylic acids is 1. The molecule has 9 heteroatoms. The molecule has 0 aliphatic carbocycles. The number of aliphatic hydroxyl groups is 1. The molecule has 1 amide bonds. The number of amides is 1. The lowest BCUT2D eigenvalue weighted by atomic mass is 10.1. The number of nitrogens with one attached hydrogen (secondary N) is 1. The van der Waals surface area contributed by atoms with Gasteiger partial charge in [-0.1, -0.05) is 0 Å². The van der Waals surface area contributed by atoms with Gasteiger partial charge in [0.2, 0.25) is 0 Å². The number of morpholine rings is 1. The fourth-order valence-corrected chi connectivity index (χ4v) is 4.26. The Morgan fingerprint density at radius 2 is 2.23 bits per heavy atom. The molecule has 2 aromatic heterocycles. The molecule has 0 saturated carbocycles. The maximum Gasteiger partial charge on any atom is 0.271 e. The van der Waals surface area contributed by atoms with Gasteiger partial charge in [-0.3, -0.25) is 9.69 Å². The largest absolute Gasteiger partial charge is 0.396 e. The highest BCUT2D eigenvalue weighted by atomic mass is 32.1. The molecule has 0 radical (unpaired) electrons. The Kier molecular flexibility index (Phi) is 5.21. The molecule has 8 nitrogen and oxygen atoms in total. The third kappa shape index (κ3) is 3.75. The van der Waals surface area contributed by atoms with Gasteiger partial charge in [0.15, 0.2) is 10.8 Å². The van der Waals surface area contributed by atoms with Crippen LogP contribution in [0, 0.1) is 0 Å². The molecule has 26 heavy (non-hydrogen) atoms. The molecule has 0 unspecified atom stereocenters. The van der Waals surface area contributed by atoms with Gasteiger partial charge in [-0.15, -0.1) is 11.3 Å². The summed E-state index contributed by atoms with van der Waals surface area (Å²) in [5.74, 6) is 0.364. The van der Waals surface area contributed by atoms with Crippen LogP contribution in [0.3, 0.4) is 0 Å². The van der Waals surface area contributed by atoms with E-state index in [-0.39, 0.29) is 24.7 Å². The van der Waals surface area contributed by atoms with Crippen LogP contribution in [-0.4, -0.2) is 75.4 Å². The van der Waals surface area contributed by atoms with E-state index in [1.807, 2.05) is 0 Å².